The van der Waals surface area contributed by atoms with Crippen molar-refractivity contribution >= 4 is 11.9 Å². The van der Waals surface area contributed by atoms with E-state index in [4.69, 9.17) is 0 Å². The van der Waals surface area contributed by atoms with E-state index >= 15 is 0 Å². The first-order valence-electron chi connectivity index (χ1n) is 9.30. The van der Waals surface area contributed by atoms with Gasteiger partial charge in [0.05, 0.1) is 18.7 Å². The van der Waals surface area contributed by atoms with Gasteiger partial charge in [0, 0.05) is 25.2 Å². The number of aromatic amines is 1. The number of hydrogen-bond donors (Lipinski definition) is 1. The highest BCUT2D eigenvalue weighted by molar-refractivity contribution is 5.79. The Morgan fingerprint density at radius 1 is 1.23 bits per heavy atom. The van der Waals surface area contributed by atoms with E-state index in [1.807, 2.05) is 36.1 Å². The molecule has 1 fully saturated rings. The van der Waals surface area contributed by atoms with Crippen LogP contribution in [-0.4, -0.2) is 40.4 Å². The first kappa shape index (κ1) is 16.8. The molecule has 1 amide bonds. The van der Waals surface area contributed by atoms with Crippen LogP contribution in [0.5, 0.6) is 0 Å². The minimum atomic E-state index is -0.0531. The number of nitrogens with one attached hydrogen (secondary N) is 1. The van der Waals surface area contributed by atoms with Crippen molar-refractivity contribution in [2.24, 2.45) is 0 Å². The van der Waals surface area contributed by atoms with Crippen molar-refractivity contribution in [1.82, 2.24) is 14.9 Å². The Bertz CT molecular complexity index is 884. The van der Waals surface area contributed by atoms with E-state index < -0.39 is 0 Å². The maximum atomic E-state index is 12.7. The third-order valence-electron chi connectivity index (χ3n) is 5.26. The van der Waals surface area contributed by atoms with Gasteiger partial charge in [-0.05, 0) is 31.7 Å². The molecular weight excluding hydrogens is 328 g/mol. The van der Waals surface area contributed by atoms with Crippen LogP contribution in [0.15, 0.2) is 29.1 Å². The molecule has 136 valence electrons. The number of anilines is 1. The van der Waals surface area contributed by atoms with Crippen LogP contribution in [-0.2, 0) is 24.2 Å². The molecule has 2 aromatic rings. The Labute approximate surface area is 152 Å². The van der Waals surface area contributed by atoms with Crippen molar-refractivity contribution in [3.63, 3.8) is 0 Å². The van der Waals surface area contributed by atoms with Crippen LogP contribution in [0.3, 0.4) is 0 Å². The van der Waals surface area contributed by atoms with E-state index in [-0.39, 0.29) is 11.5 Å². The standard InChI is InChI=1S/C20H24N4O2/c1-14-5-4-6-15(11-14)12-18(25)24-10-7-16-17(13-24)21-20(22-19(16)26)23-8-2-3-9-23/h4-6,11H,2-3,7-10,12-13H2,1H3,(H,21,22,26). The van der Waals surface area contributed by atoms with Gasteiger partial charge in [0.2, 0.25) is 11.9 Å². The number of carbonyl (C=O) groups excluding carboxylic acids is 1. The molecule has 1 aromatic carbocycles. The van der Waals surface area contributed by atoms with Gasteiger partial charge in [0.25, 0.3) is 5.56 Å². The smallest absolute Gasteiger partial charge is 0.255 e. The fourth-order valence-electron chi connectivity index (χ4n) is 3.83. The van der Waals surface area contributed by atoms with Gasteiger partial charge in [-0.25, -0.2) is 4.98 Å². The van der Waals surface area contributed by atoms with Crippen molar-refractivity contribution in [2.45, 2.75) is 39.2 Å². The lowest BCUT2D eigenvalue weighted by Crippen LogP contribution is -2.40. The molecule has 0 atom stereocenters. The number of aryl methyl sites for hydroxylation is 1. The van der Waals surface area contributed by atoms with Crippen LogP contribution in [0.2, 0.25) is 0 Å². The minimum Gasteiger partial charge on any atom is -0.342 e. The summed E-state index contributed by atoms with van der Waals surface area (Å²) >= 11 is 0. The SMILES string of the molecule is Cc1cccc(CC(=O)N2CCc3c(nc(N4CCCC4)[nH]c3=O)C2)c1. The molecule has 0 bridgehead atoms. The maximum absolute atomic E-state index is 12.7. The molecule has 3 heterocycles. The summed E-state index contributed by atoms with van der Waals surface area (Å²) in [6.45, 7) is 4.88. The van der Waals surface area contributed by atoms with E-state index in [0.717, 1.165) is 48.3 Å². The number of nitrogens with zero attached hydrogens (tertiary/aromatic N) is 3. The molecule has 6 heteroatoms. The molecule has 0 spiro atoms. The molecule has 1 N–H and O–H groups in total. The van der Waals surface area contributed by atoms with Crippen LogP contribution in [0.4, 0.5) is 5.95 Å². The molecule has 2 aliphatic rings. The van der Waals surface area contributed by atoms with Crippen LogP contribution in [0, 0.1) is 6.92 Å². The second-order valence-corrected chi connectivity index (χ2v) is 7.24. The Kier molecular flexibility index (Phi) is 4.49. The molecule has 1 saturated heterocycles. The van der Waals surface area contributed by atoms with Crippen LogP contribution in [0.25, 0.3) is 0 Å². The van der Waals surface area contributed by atoms with Crippen molar-refractivity contribution in [3.8, 4) is 0 Å². The molecular formula is C20H24N4O2. The van der Waals surface area contributed by atoms with Crippen molar-refractivity contribution in [3.05, 3.63) is 57.0 Å². The highest BCUT2D eigenvalue weighted by Gasteiger charge is 2.26. The molecule has 4 rings (SSSR count). The Morgan fingerprint density at radius 2 is 2.04 bits per heavy atom. The Morgan fingerprint density at radius 3 is 2.81 bits per heavy atom. The number of benzene rings is 1. The van der Waals surface area contributed by atoms with Crippen LogP contribution >= 0.6 is 0 Å². The average molecular weight is 352 g/mol. The minimum absolute atomic E-state index is 0.0531. The largest absolute Gasteiger partial charge is 0.342 e. The summed E-state index contributed by atoms with van der Waals surface area (Å²) in [5, 5.41) is 0. The second-order valence-electron chi connectivity index (χ2n) is 7.24. The van der Waals surface area contributed by atoms with Crippen molar-refractivity contribution in [2.75, 3.05) is 24.5 Å². The van der Waals surface area contributed by atoms with E-state index in [1.54, 1.807) is 0 Å². The highest BCUT2D eigenvalue weighted by atomic mass is 16.2. The lowest BCUT2D eigenvalue weighted by molar-refractivity contribution is -0.131. The molecule has 0 saturated carbocycles. The Hall–Kier alpha value is -2.63. The van der Waals surface area contributed by atoms with Crippen molar-refractivity contribution in [1.29, 1.82) is 0 Å². The number of fused-ring (bicyclic) bond motifs is 1. The number of aromatic nitrogens is 2. The molecule has 26 heavy (non-hydrogen) atoms. The van der Waals surface area contributed by atoms with E-state index in [9.17, 15) is 9.59 Å². The summed E-state index contributed by atoms with van der Waals surface area (Å²) in [5.41, 5.74) is 3.61. The predicted octanol–water partition coefficient (Wildman–Crippen LogP) is 1.81. The molecule has 6 nitrogen and oxygen atoms in total. The normalized spacial score (nSPS) is 16.7. The van der Waals surface area contributed by atoms with Crippen LogP contribution in [0.1, 0.15) is 35.2 Å². The molecule has 0 radical (unpaired) electrons. The number of carbonyl (C=O) groups is 1. The zero-order valence-electron chi connectivity index (χ0n) is 15.1. The monoisotopic (exact) mass is 352 g/mol. The topological polar surface area (TPSA) is 69.3 Å². The number of hydrogen-bond acceptors (Lipinski definition) is 4. The summed E-state index contributed by atoms with van der Waals surface area (Å²) in [4.78, 5) is 36.7. The second kappa shape index (κ2) is 6.94. The first-order chi connectivity index (χ1) is 12.6. The Balaban J connectivity index is 1.52. The number of amides is 1. The lowest BCUT2D eigenvalue weighted by Gasteiger charge is -2.29. The molecule has 1 aromatic heterocycles. The fourth-order valence-corrected chi connectivity index (χ4v) is 3.83. The van der Waals surface area contributed by atoms with Crippen LogP contribution < -0.4 is 10.5 Å². The van der Waals surface area contributed by atoms with Gasteiger partial charge >= 0.3 is 0 Å². The quantitative estimate of drug-likeness (QED) is 0.915. The summed E-state index contributed by atoms with van der Waals surface area (Å²) in [6.07, 6.45) is 3.21. The summed E-state index contributed by atoms with van der Waals surface area (Å²) in [5.74, 6) is 0.741. The van der Waals surface area contributed by atoms with E-state index in [0.29, 0.717) is 31.9 Å². The molecule has 0 aliphatic carbocycles. The number of rotatable bonds is 3. The van der Waals surface area contributed by atoms with Gasteiger partial charge < -0.3 is 9.80 Å². The van der Waals surface area contributed by atoms with Crippen molar-refractivity contribution < 1.29 is 4.79 Å². The van der Waals surface area contributed by atoms with Gasteiger partial charge in [-0.1, -0.05) is 29.8 Å². The summed E-state index contributed by atoms with van der Waals surface area (Å²) < 4.78 is 0. The molecule has 0 unspecified atom stereocenters. The fraction of sp³-hybridized carbons (Fsp3) is 0.450. The maximum Gasteiger partial charge on any atom is 0.255 e. The lowest BCUT2D eigenvalue weighted by atomic mass is 10.0. The van der Waals surface area contributed by atoms with E-state index in [2.05, 4.69) is 14.9 Å². The number of H-pyrrole nitrogens is 1. The first-order valence-corrected chi connectivity index (χ1v) is 9.30. The zero-order chi connectivity index (χ0) is 18.1. The van der Waals surface area contributed by atoms with Gasteiger partial charge in [0.15, 0.2) is 0 Å². The summed E-state index contributed by atoms with van der Waals surface area (Å²) in [6, 6.07) is 8.04. The van der Waals surface area contributed by atoms with E-state index in [1.165, 1.54) is 0 Å². The summed E-state index contributed by atoms with van der Waals surface area (Å²) in [7, 11) is 0. The predicted molar refractivity (Wildman–Crippen MR) is 100 cm³/mol. The molecule has 2 aliphatic heterocycles. The third-order valence-corrected chi connectivity index (χ3v) is 5.26. The van der Waals surface area contributed by atoms with Gasteiger partial charge in [-0.3, -0.25) is 14.6 Å². The van der Waals surface area contributed by atoms with Gasteiger partial charge in [-0.2, -0.15) is 0 Å². The van der Waals surface area contributed by atoms with Gasteiger partial charge in [0.1, 0.15) is 0 Å². The highest BCUT2D eigenvalue weighted by Crippen LogP contribution is 2.20. The average Bonchev–Trinajstić information content (AvgIpc) is 3.16. The van der Waals surface area contributed by atoms with Gasteiger partial charge in [-0.15, -0.1) is 0 Å². The zero-order valence-corrected chi connectivity index (χ0v) is 15.1. The third kappa shape index (κ3) is 3.36.